The molecular weight excluding hydrogens is 302 g/mol. The van der Waals surface area contributed by atoms with Crippen LogP contribution in [0.3, 0.4) is 0 Å². The summed E-state index contributed by atoms with van der Waals surface area (Å²) in [5.41, 5.74) is 3.12. The van der Waals surface area contributed by atoms with Crippen molar-refractivity contribution in [2.75, 3.05) is 20.3 Å². The average molecular weight is 323 g/mol. The van der Waals surface area contributed by atoms with Crippen LogP contribution in [-0.2, 0) is 0 Å². The average Bonchev–Trinajstić information content (AvgIpc) is 3.23. The molecule has 1 aliphatic carbocycles. The van der Waals surface area contributed by atoms with Gasteiger partial charge in [0.15, 0.2) is 5.78 Å². The summed E-state index contributed by atoms with van der Waals surface area (Å²) in [5, 5.41) is 3.48. The lowest BCUT2D eigenvalue weighted by Gasteiger charge is -2.15. The van der Waals surface area contributed by atoms with Gasteiger partial charge in [-0.2, -0.15) is 0 Å². The molecular formula is C20H21NO3. The van der Waals surface area contributed by atoms with E-state index in [4.69, 9.17) is 9.47 Å². The fraction of sp³-hybridized carbons (Fsp3) is 0.350. The molecule has 4 rings (SSSR count). The third-order valence-electron chi connectivity index (χ3n) is 4.90. The molecule has 0 aromatic heterocycles. The van der Waals surface area contributed by atoms with Gasteiger partial charge in [-0.05, 0) is 37.9 Å². The summed E-state index contributed by atoms with van der Waals surface area (Å²) in [6.07, 6.45) is 3.44. The van der Waals surface area contributed by atoms with Crippen molar-refractivity contribution in [3.63, 3.8) is 0 Å². The largest absolute Gasteiger partial charge is 0.496 e. The van der Waals surface area contributed by atoms with Crippen molar-refractivity contribution in [2.24, 2.45) is 0 Å². The second-order valence-electron chi connectivity index (χ2n) is 6.32. The van der Waals surface area contributed by atoms with Crippen LogP contribution in [0, 0.1) is 0 Å². The minimum atomic E-state index is 0.0433. The Morgan fingerprint density at radius 1 is 1.08 bits per heavy atom. The lowest BCUT2D eigenvalue weighted by molar-refractivity contribution is 0.104. The quantitative estimate of drug-likeness (QED) is 0.781. The highest BCUT2D eigenvalue weighted by Crippen LogP contribution is 2.47. The third-order valence-corrected chi connectivity index (χ3v) is 4.90. The van der Waals surface area contributed by atoms with E-state index in [1.807, 2.05) is 36.4 Å². The first-order chi connectivity index (χ1) is 11.8. The molecule has 0 amide bonds. The predicted molar refractivity (Wildman–Crippen MR) is 93.0 cm³/mol. The van der Waals surface area contributed by atoms with Gasteiger partial charge < -0.3 is 14.8 Å². The van der Waals surface area contributed by atoms with E-state index >= 15 is 0 Å². The molecule has 1 aliphatic heterocycles. The SMILES string of the molecule is COc1cccc2c1-c1c(OCCC3CCCN3)cccc1C2=O. The number of benzene rings is 2. The molecule has 1 unspecified atom stereocenters. The highest BCUT2D eigenvalue weighted by Gasteiger charge is 2.32. The van der Waals surface area contributed by atoms with Crippen LogP contribution in [-0.4, -0.2) is 32.1 Å². The van der Waals surface area contributed by atoms with Crippen molar-refractivity contribution in [3.8, 4) is 22.6 Å². The van der Waals surface area contributed by atoms with Crippen LogP contribution >= 0.6 is 0 Å². The molecule has 1 atom stereocenters. The number of hydrogen-bond donors (Lipinski definition) is 1. The van der Waals surface area contributed by atoms with Crippen LogP contribution in [0.2, 0.25) is 0 Å². The highest BCUT2D eigenvalue weighted by atomic mass is 16.5. The first kappa shape index (κ1) is 15.2. The molecule has 4 heteroatoms. The molecule has 0 bridgehead atoms. The molecule has 24 heavy (non-hydrogen) atoms. The molecule has 0 spiro atoms. The molecule has 124 valence electrons. The van der Waals surface area contributed by atoms with Crippen molar-refractivity contribution in [3.05, 3.63) is 47.5 Å². The van der Waals surface area contributed by atoms with E-state index in [0.717, 1.165) is 29.8 Å². The zero-order valence-electron chi connectivity index (χ0n) is 13.8. The fourth-order valence-electron chi connectivity index (χ4n) is 3.71. The monoisotopic (exact) mass is 323 g/mol. The van der Waals surface area contributed by atoms with Crippen molar-refractivity contribution < 1.29 is 14.3 Å². The molecule has 2 aromatic rings. The lowest BCUT2D eigenvalue weighted by atomic mass is 10.0. The Balaban J connectivity index is 1.65. The summed E-state index contributed by atoms with van der Waals surface area (Å²) in [6, 6.07) is 11.8. The van der Waals surface area contributed by atoms with E-state index in [1.165, 1.54) is 12.8 Å². The molecule has 2 aromatic carbocycles. The Kier molecular flexibility index (Phi) is 3.98. The van der Waals surface area contributed by atoms with Crippen LogP contribution in [0.15, 0.2) is 36.4 Å². The normalized spacial score (nSPS) is 18.4. The number of fused-ring (bicyclic) bond motifs is 3. The molecule has 0 radical (unpaired) electrons. The number of ketones is 1. The van der Waals surface area contributed by atoms with Crippen LogP contribution in [0.5, 0.6) is 11.5 Å². The number of ether oxygens (including phenoxy) is 2. The Hall–Kier alpha value is -2.33. The van der Waals surface area contributed by atoms with E-state index in [9.17, 15) is 4.79 Å². The van der Waals surface area contributed by atoms with Crippen molar-refractivity contribution in [1.82, 2.24) is 5.32 Å². The van der Waals surface area contributed by atoms with Gasteiger partial charge >= 0.3 is 0 Å². The second kappa shape index (κ2) is 6.29. The van der Waals surface area contributed by atoms with Crippen LogP contribution in [0.4, 0.5) is 0 Å². The van der Waals surface area contributed by atoms with E-state index < -0.39 is 0 Å². The fourth-order valence-corrected chi connectivity index (χ4v) is 3.71. The maximum atomic E-state index is 12.7. The summed E-state index contributed by atoms with van der Waals surface area (Å²) >= 11 is 0. The van der Waals surface area contributed by atoms with Gasteiger partial charge in [-0.3, -0.25) is 4.79 Å². The molecule has 1 saturated heterocycles. The third kappa shape index (κ3) is 2.47. The summed E-state index contributed by atoms with van der Waals surface area (Å²) in [6.45, 7) is 1.75. The van der Waals surface area contributed by atoms with Gasteiger partial charge in [0.1, 0.15) is 11.5 Å². The first-order valence-electron chi connectivity index (χ1n) is 8.51. The van der Waals surface area contributed by atoms with Gasteiger partial charge in [-0.15, -0.1) is 0 Å². The Bertz CT molecular complexity index is 778. The number of hydrogen-bond acceptors (Lipinski definition) is 4. The summed E-state index contributed by atoms with van der Waals surface area (Å²) in [5.74, 6) is 1.53. The molecule has 1 heterocycles. The van der Waals surface area contributed by atoms with Crippen molar-refractivity contribution in [1.29, 1.82) is 0 Å². The summed E-state index contributed by atoms with van der Waals surface area (Å²) in [7, 11) is 1.63. The van der Waals surface area contributed by atoms with E-state index in [0.29, 0.717) is 29.5 Å². The minimum Gasteiger partial charge on any atom is -0.496 e. The lowest BCUT2D eigenvalue weighted by Crippen LogP contribution is -2.23. The van der Waals surface area contributed by atoms with Gasteiger partial charge in [0.2, 0.25) is 0 Å². The minimum absolute atomic E-state index is 0.0433. The van der Waals surface area contributed by atoms with Gasteiger partial charge in [0.05, 0.1) is 13.7 Å². The Labute approximate surface area is 141 Å². The number of methoxy groups -OCH3 is 1. The zero-order chi connectivity index (χ0) is 16.5. The molecule has 0 saturated carbocycles. The van der Waals surface area contributed by atoms with Crippen molar-refractivity contribution in [2.45, 2.75) is 25.3 Å². The summed E-state index contributed by atoms with van der Waals surface area (Å²) in [4.78, 5) is 12.7. The van der Waals surface area contributed by atoms with Gasteiger partial charge in [-0.25, -0.2) is 0 Å². The molecule has 1 fully saturated rings. The topological polar surface area (TPSA) is 47.6 Å². The number of carbonyl (C=O) groups excluding carboxylic acids is 1. The maximum absolute atomic E-state index is 12.7. The van der Waals surface area contributed by atoms with Gasteiger partial charge in [-0.1, -0.05) is 24.3 Å². The first-order valence-corrected chi connectivity index (χ1v) is 8.51. The van der Waals surface area contributed by atoms with Gasteiger partial charge in [0.25, 0.3) is 0 Å². The molecule has 1 N–H and O–H groups in total. The number of nitrogens with one attached hydrogen (secondary N) is 1. The second-order valence-corrected chi connectivity index (χ2v) is 6.32. The van der Waals surface area contributed by atoms with E-state index in [-0.39, 0.29) is 5.78 Å². The zero-order valence-corrected chi connectivity index (χ0v) is 13.8. The molecule has 2 aliphatic rings. The summed E-state index contributed by atoms with van der Waals surface area (Å²) < 4.78 is 11.6. The predicted octanol–water partition coefficient (Wildman–Crippen LogP) is 3.43. The standard InChI is InChI=1S/C20H21NO3/c1-23-16-8-2-6-14-18(16)19-15(20(14)22)7-3-9-17(19)24-12-10-13-5-4-11-21-13/h2-3,6-9,13,21H,4-5,10-12H2,1H3. The van der Waals surface area contributed by atoms with Gasteiger partial charge in [0, 0.05) is 28.3 Å². The van der Waals surface area contributed by atoms with Crippen molar-refractivity contribution >= 4 is 5.78 Å². The van der Waals surface area contributed by atoms with Crippen LogP contribution < -0.4 is 14.8 Å². The highest BCUT2D eigenvalue weighted by molar-refractivity contribution is 6.23. The number of rotatable bonds is 5. The van der Waals surface area contributed by atoms with Crippen LogP contribution in [0.25, 0.3) is 11.1 Å². The van der Waals surface area contributed by atoms with Crippen LogP contribution in [0.1, 0.15) is 35.2 Å². The Morgan fingerprint density at radius 3 is 2.46 bits per heavy atom. The molecule has 4 nitrogen and oxygen atoms in total. The number of carbonyl (C=O) groups is 1. The van der Waals surface area contributed by atoms with E-state index in [1.54, 1.807) is 7.11 Å². The van der Waals surface area contributed by atoms with E-state index in [2.05, 4.69) is 5.32 Å². The smallest absolute Gasteiger partial charge is 0.194 e. The maximum Gasteiger partial charge on any atom is 0.194 e. The Morgan fingerprint density at radius 2 is 1.79 bits per heavy atom.